The summed E-state index contributed by atoms with van der Waals surface area (Å²) in [6, 6.07) is 3.75. The lowest BCUT2D eigenvalue weighted by molar-refractivity contribution is -0.122. The first-order chi connectivity index (χ1) is 9.19. The van der Waals surface area contributed by atoms with Gasteiger partial charge in [0.25, 0.3) is 5.91 Å². The van der Waals surface area contributed by atoms with Crippen molar-refractivity contribution < 1.29 is 14.0 Å². The second-order valence-electron chi connectivity index (χ2n) is 5.43. The molecule has 20 heavy (non-hydrogen) atoms. The van der Waals surface area contributed by atoms with Crippen LogP contribution in [0.2, 0.25) is 5.02 Å². The van der Waals surface area contributed by atoms with E-state index in [2.05, 4.69) is 10.6 Å². The molecule has 1 aromatic rings. The van der Waals surface area contributed by atoms with Gasteiger partial charge in [-0.15, -0.1) is 0 Å². The lowest BCUT2D eigenvalue weighted by atomic mass is 10.1. The van der Waals surface area contributed by atoms with Crippen LogP contribution in [0.4, 0.5) is 4.39 Å². The van der Waals surface area contributed by atoms with Gasteiger partial charge >= 0.3 is 0 Å². The number of benzene rings is 1. The maximum atomic E-state index is 13.4. The molecule has 0 aliphatic rings. The highest BCUT2D eigenvalue weighted by atomic mass is 35.5. The van der Waals surface area contributed by atoms with Gasteiger partial charge in [-0.1, -0.05) is 11.6 Å². The summed E-state index contributed by atoms with van der Waals surface area (Å²) in [6.45, 7) is 5.73. The van der Waals surface area contributed by atoms with Gasteiger partial charge in [0.1, 0.15) is 5.82 Å². The first kappa shape index (κ1) is 16.4. The zero-order chi connectivity index (χ0) is 15.3. The molecular formula is C14H18ClFN2O2. The van der Waals surface area contributed by atoms with E-state index < -0.39 is 11.7 Å². The topological polar surface area (TPSA) is 58.2 Å². The molecule has 1 rings (SSSR count). The minimum atomic E-state index is -0.647. The standard InChI is InChI=1S/C14H18ClFN2O2/c1-14(2,3)18-12(19)6-7-17-13(20)10-8-9(15)4-5-11(10)16/h4-5,8H,6-7H2,1-3H3,(H,17,20)(H,18,19). The minimum Gasteiger partial charge on any atom is -0.351 e. The van der Waals surface area contributed by atoms with Gasteiger partial charge in [0.05, 0.1) is 5.56 Å². The molecule has 0 spiro atoms. The second-order valence-corrected chi connectivity index (χ2v) is 5.86. The zero-order valence-corrected chi connectivity index (χ0v) is 12.5. The molecular weight excluding hydrogens is 283 g/mol. The van der Waals surface area contributed by atoms with Crippen molar-refractivity contribution in [3.05, 3.63) is 34.6 Å². The van der Waals surface area contributed by atoms with E-state index in [4.69, 9.17) is 11.6 Å². The van der Waals surface area contributed by atoms with E-state index in [-0.39, 0.29) is 35.0 Å². The number of rotatable bonds is 4. The Kier molecular flexibility index (Phi) is 5.51. The Hall–Kier alpha value is -1.62. The number of hydrogen-bond donors (Lipinski definition) is 2. The number of carbonyl (C=O) groups excluding carboxylic acids is 2. The van der Waals surface area contributed by atoms with Gasteiger partial charge in [-0.25, -0.2) is 4.39 Å². The maximum Gasteiger partial charge on any atom is 0.254 e. The van der Waals surface area contributed by atoms with Gasteiger partial charge in [-0.3, -0.25) is 9.59 Å². The fourth-order valence-corrected chi connectivity index (χ4v) is 1.71. The van der Waals surface area contributed by atoms with Crippen molar-refractivity contribution in [2.24, 2.45) is 0 Å². The van der Waals surface area contributed by atoms with Gasteiger partial charge in [-0.05, 0) is 39.0 Å². The number of amides is 2. The third-order valence-corrected chi connectivity index (χ3v) is 2.56. The predicted molar refractivity (Wildman–Crippen MR) is 76.3 cm³/mol. The summed E-state index contributed by atoms with van der Waals surface area (Å²) < 4.78 is 13.4. The van der Waals surface area contributed by atoms with Crippen molar-refractivity contribution in [2.45, 2.75) is 32.7 Å². The summed E-state index contributed by atoms with van der Waals surface area (Å²) >= 11 is 5.71. The lowest BCUT2D eigenvalue weighted by Crippen LogP contribution is -2.42. The zero-order valence-electron chi connectivity index (χ0n) is 11.7. The average molecular weight is 301 g/mol. The molecule has 0 saturated heterocycles. The third kappa shape index (κ3) is 5.57. The normalized spacial score (nSPS) is 11.1. The van der Waals surface area contributed by atoms with Crippen molar-refractivity contribution in [3.63, 3.8) is 0 Å². The van der Waals surface area contributed by atoms with Crippen LogP contribution in [0.1, 0.15) is 37.6 Å². The molecule has 0 fully saturated rings. The quantitative estimate of drug-likeness (QED) is 0.897. The van der Waals surface area contributed by atoms with E-state index in [1.807, 2.05) is 20.8 Å². The van der Waals surface area contributed by atoms with Crippen LogP contribution >= 0.6 is 11.6 Å². The fourth-order valence-electron chi connectivity index (χ4n) is 1.54. The summed E-state index contributed by atoms with van der Waals surface area (Å²) in [5.74, 6) is -1.41. The minimum absolute atomic E-state index is 0.130. The highest BCUT2D eigenvalue weighted by Gasteiger charge is 2.15. The van der Waals surface area contributed by atoms with Crippen molar-refractivity contribution >= 4 is 23.4 Å². The van der Waals surface area contributed by atoms with Gasteiger partial charge < -0.3 is 10.6 Å². The third-order valence-electron chi connectivity index (χ3n) is 2.33. The molecule has 110 valence electrons. The van der Waals surface area contributed by atoms with E-state index in [0.29, 0.717) is 0 Å². The first-order valence-corrected chi connectivity index (χ1v) is 6.61. The number of hydrogen-bond acceptors (Lipinski definition) is 2. The van der Waals surface area contributed by atoms with Crippen LogP contribution < -0.4 is 10.6 Å². The second kappa shape index (κ2) is 6.70. The van der Waals surface area contributed by atoms with E-state index >= 15 is 0 Å². The summed E-state index contributed by atoms with van der Waals surface area (Å²) in [5.41, 5.74) is -0.450. The van der Waals surface area contributed by atoms with Gasteiger partial charge in [0.2, 0.25) is 5.91 Å². The Labute approximate surface area is 122 Å². The molecule has 0 aliphatic carbocycles. The van der Waals surface area contributed by atoms with Crippen molar-refractivity contribution in [3.8, 4) is 0 Å². The molecule has 4 nitrogen and oxygen atoms in total. The van der Waals surface area contributed by atoms with Crippen LogP contribution in [0.25, 0.3) is 0 Å². The summed E-state index contributed by atoms with van der Waals surface area (Å²) in [7, 11) is 0. The molecule has 0 radical (unpaired) electrons. The summed E-state index contributed by atoms with van der Waals surface area (Å²) in [6.07, 6.45) is 0.130. The van der Waals surface area contributed by atoms with E-state index in [1.54, 1.807) is 0 Å². The number of halogens is 2. The SMILES string of the molecule is CC(C)(C)NC(=O)CCNC(=O)c1cc(Cl)ccc1F. The van der Waals surface area contributed by atoms with Gasteiger partial charge in [0, 0.05) is 23.5 Å². The fraction of sp³-hybridized carbons (Fsp3) is 0.429. The van der Waals surface area contributed by atoms with Crippen molar-refractivity contribution in [2.75, 3.05) is 6.54 Å². The number of carbonyl (C=O) groups is 2. The van der Waals surface area contributed by atoms with Crippen molar-refractivity contribution in [1.29, 1.82) is 0 Å². The molecule has 0 aromatic heterocycles. The van der Waals surface area contributed by atoms with E-state index in [9.17, 15) is 14.0 Å². The van der Waals surface area contributed by atoms with Crippen LogP contribution in [0.5, 0.6) is 0 Å². The summed E-state index contributed by atoms with van der Waals surface area (Å²) in [5, 5.41) is 5.53. The predicted octanol–water partition coefficient (Wildman–Crippen LogP) is 2.51. The molecule has 2 N–H and O–H groups in total. The van der Waals surface area contributed by atoms with E-state index in [0.717, 1.165) is 6.07 Å². The van der Waals surface area contributed by atoms with E-state index in [1.165, 1.54) is 12.1 Å². The molecule has 0 unspecified atom stereocenters. The highest BCUT2D eigenvalue weighted by Crippen LogP contribution is 2.14. The smallest absolute Gasteiger partial charge is 0.254 e. The average Bonchev–Trinajstić information content (AvgIpc) is 2.29. The van der Waals surface area contributed by atoms with Gasteiger partial charge in [-0.2, -0.15) is 0 Å². The Morgan fingerprint density at radius 1 is 1.30 bits per heavy atom. The number of nitrogens with one attached hydrogen (secondary N) is 2. The largest absolute Gasteiger partial charge is 0.351 e. The Balaban J connectivity index is 2.48. The van der Waals surface area contributed by atoms with Crippen molar-refractivity contribution in [1.82, 2.24) is 10.6 Å². The molecule has 6 heteroatoms. The molecule has 0 aliphatic heterocycles. The lowest BCUT2D eigenvalue weighted by Gasteiger charge is -2.20. The highest BCUT2D eigenvalue weighted by molar-refractivity contribution is 6.31. The molecule has 0 bridgehead atoms. The molecule has 1 aromatic carbocycles. The Bertz CT molecular complexity index is 512. The van der Waals surface area contributed by atoms with Crippen LogP contribution in [-0.4, -0.2) is 23.9 Å². The molecule has 2 amide bonds. The first-order valence-electron chi connectivity index (χ1n) is 6.23. The van der Waals surface area contributed by atoms with Crippen LogP contribution in [-0.2, 0) is 4.79 Å². The van der Waals surface area contributed by atoms with Crippen LogP contribution in [0.3, 0.4) is 0 Å². The Morgan fingerprint density at radius 3 is 2.55 bits per heavy atom. The molecule has 0 saturated carbocycles. The summed E-state index contributed by atoms with van der Waals surface area (Å²) in [4.78, 5) is 23.3. The molecule has 0 atom stereocenters. The Morgan fingerprint density at radius 2 is 1.95 bits per heavy atom. The monoisotopic (exact) mass is 300 g/mol. The maximum absolute atomic E-state index is 13.4. The van der Waals surface area contributed by atoms with Crippen LogP contribution in [0.15, 0.2) is 18.2 Å². The van der Waals surface area contributed by atoms with Crippen LogP contribution in [0, 0.1) is 5.82 Å². The molecule has 0 heterocycles. The van der Waals surface area contributed by atoms with Gasteiger partial charge in [0.15, 0.2) is 0 Å².